The molecule has 2 aliphatic rings. The quantitative estimate of drug-likeness (QED) is 0.835. The van der Waals surface area contributed by atoms with E-state index in [1.165, 1.54) is 16.4 Å². The first-order valence-corrected chi connectivity index (χ1v) is 8.60. The highest BCUT2D eigenvalue weighted by atomic mass is 32.2. The fourth-order valence-electron chi connectivity index (χ4n) is 3.37. The number of nitrogens with two attached hydrogens (primary N) is 1. The summed E-state index contributed by atoms with van der Waals surface area (Å²) in [6, 6.07) is 4.17. The van der Waals surface area contributed by atoms with Crippen LogP contribution in [0.2, 0.25) is 0 Å². The monoisotopic (exact) mass is 313 g/mol. The van der Waals surface area contributed by atoms with Crippen LogP contribution in [0.3, 0.4) is 0 Å². The van der Waals surface area contributed by atoms with Gasteiger partial charge in [0.15, 0.2) is 0 Å². The molecule has 2 bridgehead atoms. The Hall–Kier alpha value is -1.18. The van der Waals surface area contributed by atoms with Crippen molar-refractivity contribution in [3.05, 3.63) is 24.0 Å². The van der Waals surface area contributed by atoms with Gasteiger partial charge >= 0.3 is 0 Å². The summed E-state index contributed by atoms with van der Waals surface area (Å²) in [5.41, 5.74) is 5.84. The van der Waals surface area contributed by atoms with Gasteiger partial charge in [0.1, 0.15) is 10.7 Å². The summed E-state index contributed by atoms with van der Waals surface area (Å²) in [5.74, 6) is -0.587. The van der Waals surface area contributed by atoms with Gasteiger partial charge in [0.2, 0.25) is 10.0 Å². The SMILES string of the molecule is CN1C2CCC1CN(S(=O)(=O)c1cc(F)ccc1N)CC2. The van der Waals surface area contributed by atoms with Gasteiger partial charge in [0, 0.05) is 25.2 Å². The van der Waals surface area contributed by atoms with Crippen LogP contribution in [-0.4, -0.2) is 49.8 Å². The van der Waals surface area contributed by atoms with Crippen LogP contribution in [0.25, 0.3) is 0 Å². The van der Waals surface area contributed by atoms with Crippen LogP contribution in [0.4, 0.5) is 10.1 Å². The molecule has 7 heteroatoms. The summed E-state index contributed by atoms with van der Waals surface area (Å²) in [6.45, 7) is 0.912. The molecule has 0 aromatic heterocycles. The lowest BCUT2D eigenvalue weighted by Crippen LogP contribution is -2.39. The van der Waals surface area contributed by atoms with Crippen LogP contribution in [0, 0.1) is 5.82 Å². The number of anilines is 1. The summed E-state index contributed by atoms with van der Waals surface area (Å²) >= 11 is 0. The minimum atomic E-state index is -3.74. The molecular formula is C14H20FN3O2S. The molecule has 5 nitrogen and oxygen atoms in total. The first-order valence-electron chi connectivity index (χ1n) is 7.16. The van der Waals surface area contributed by atoms with E-state index in [9.17, 15) is 12.8 Å². The van der Waals surface area contributed by atoms with Crippen LogP contribution in [0.15, 0.2) is 23.1 Å². The zero-order valence-electron chi connectivity index (χ0n) is 12.0. The maximum atomic E-state index is 13.4. The van der Waals surface area contributed by atoms with Gasteiger partial charge in [-0.1, -0.05) is 0 Å². The fourth-order valence-corrected chi connectivity index (χ4v) is 4.99. The van der Waals surface area contributed by atoms with Gasteiger partial charge in [-0.15, -0.1) is 0 Å². The molecule has 2 fully saturated rings. The molecule has 0 spiro atoms. The zero-order valence-corrected chi connectivity index (χ0v) is 12.8. The average molecular weight is 313 g/mol. The molecule has 0 aliphatic carbocycles. The molecule has 2 aliphatic heterocycles. The van der Waals surface area contributed by atoms with Crippen molar-refractivity contribution in [2.24, 2.45) is 0 Å². The van der Waals surface area contributed by atoms with Crippen molar-refractivity contribution in [2.45, 2.75) is 36.2 Å². The Labute approximate surface area is 124 Å². The van der Waals surface area contributed by atoms with Crippen molar-refractivity contribution in [1.29, 1.82) is 0 Å². The molecule has 1 aromatic carbocycles. The van der Waals surface area contributed by atoms with Crippen molar-refractivity contribution in [3.63, 3.8) is 0 Å². The predicted molar refractivity (Wildman–Crippen MR) is 78.8 cm³/mol. The van der Waals surface area contributed by atoms with E-state index in [2.05, 4.69) is 11.9 Å². The van der Waals surface area contributed by atoms with E-state index in [1.54, 1.807) is 0 Å². The molecule has 3 rings (SSSR count). The number of rotatable bonds is 2. The molecule has 2 unspecified atom stereocenters. The number of hydrogen-bond acceptors (Lipinski definition) is 4. The summed E-state index contributed by atoms with van der Waals surface area (Å²) in [6.07, 6.45) is 2.93. The van der Waals surface area contributed by atoms with Gasteiger partial charge in [-0.25, -0.2) is 12.8 Å². The number of benzene rings is 1. The third-order valence-corrected chi connectivity index (χ3v) is 6.63. The van der Waals surface area contributed by atoms with Gasteiger partial charge in [-0.3, -0.25) is 4.90 Å². The fraction of sp³-hybridized carbons (Fsp3) is 0.571. The minimum absolute atomic E-state index is 0.0964. The summed E-state index contributed by atoms with van der Waals surface area (Å²) in [4.78, 5) is 2.15. The van der Waals surface area contributed by atoms with Gasteiger partial charge in [0.05, 0.1) is 5.69 Å². The van der Waals surface area contributed by atoms with E-state index in [1.807, 2.05) is 0 Å². The summed E-state index contributed by atoms with van der Waals surface area (Å²) in [7, 11) is -1.69. The first kappa shape index (κ1) is 14.7. The molecule has 0 amide bonds. The lowest BCUT2D eigenvalue weighted by molar-refractivity contribution is 0.246. The number of nitrogen functional groups attached to an aromatic ring is 1. The lowest BCUT2D eigenvalue weighted by atomic mass is 10.1. The largest absolute Gasteiger partial charge is 0.398 e. The summed E-state index contributed by atoms with van der Waals surface area (Å²) < 4.78 is 40.4. The third kappa shape index (κ3) is 2.54. The predicted octanol–water partition coefficient (Wildman–Crippen LogP) is 1.27. The van der Waals surface area contributed by atoms with E-state index in [0.29, 0.717) is 19.1 Å². The topological polar surface area (TPSA) is 66.6 Å². The molecule has 2 heterocycles. The molecule has 2 N–H and O–H groups in total. The zero-order chi connectivity index (χ0) is 15.2. The molecule has 0 saturated carbocycles. The normalized spacial score (nSPS) is 27.7. The van der Waals surface area contributed by atoms with Crippen molar-refractivity contribution in [2.75, 3.05) is 25.9 Å². The number of halogens is 1. The number of sulfonamides is 1. The van der Waals surface area contributed by atoms with Crippen LogP contribution in [-0.2, 0) is 10.0 Å². The maximum Gasteiger partial charge on any atom is 0.245 e. The highest BCUT2D eigenvalue weighted by Crippen LogP contribution is 2.32. The van der Waals surface area contributed by atoms with E-state index < -0.39 is 15.8 Å². The standard InChI is InChI=1S/C14H20FN3O2S/c1-17-11-3-4-12(17)9-18(7-6-11)21(19,20)14-8-10(15)2-5-13(14)16/h2,5,8,11-12H,3-4,6-7,9,16H2,1H3. The second-order valence-corrected chi connectivity index (χ2v) is 7.79. The Balaban J connectivity index is 1.93. The third-order valence-electron chi connectivity index (χ3n) is 4.70. The smallest absolute Gasteiger partial charge is 0.245 e. The van der Waals surface area contributed by atoms with E-state index in [0.717, 1.165) is 25.3 Å². The second kappa shape index (κ2) is 5.23. The Morgan fingerprint density at radius 3 is 2.71 bits per heavy atom. The van der Waals surface area contributed by atoms with E-state index in [4.69, 9.17) is 5.73 Å². The van der Waals surface area contributed by atoms with Gasteiger partial charge < -0.3 is 5.73 Å². The van der Waals surface area contributed by atoms with Crippen molar-refractivity contribution >= 4 is 15.7 Å². The van der Waals surface area contributed by atoms with Crippen LogP contribution < -0.4 is 5.73 Å². The molecule has 2 atom stereocenters. The number of hydrogen-bond donors (Lipinski definition) is 1. The van der Waals surface area contributed by atoms with Crippen molar-refractivity contribution in [1.82, 2.24) is 9.21 Å². The van der Waals surface area contributed by atoms with Gasteiger partial charge in [-0.05, 0) is 44.5 Å². The van der Waals surface area contributed by atoms with Crippen LogP contribution in [0.5, 0.6) is 0 Å². The Kier molecular flexibility index (Phi) is 3.67. The Morgan fingerprint density at radius 1 is 1.24 bits per heavy atom. The average Bonchev–Trinajstić information content (AvgIpc) is 2.65. The van der Waals surface area contributed by atoms with E-state index in [-0.39, 0.29) is 16.6 Å². The molecule has 1 aromatic rings. The molecule has 21 heavy (non-hydrogen) atoms. The maximum absolute atomic E-state index is 13.4. The van der Waals surface area contributed by atoms with Crippen LogP contribution >= 0.6 is 0 Å². The van der Waals surface area contributed by atoms with Crippen molar-refractivity contribution < 1.29 is 12.8 Å². The van der Waals surface area contributed by atoms with Crippen molar-refractivity contribution in [3.8, 4) is 0 Å². The van der Waals surface area contributed by atoms with Gasteiger partial charge in [0.25, 0.3) is 0 Å². The Morgan fingerprint density at radius 2 is 1.95 bits per heavy atom. The lowest BCUT2D eigenvalue weighted by Gasteiger charge is -2.25. The number of nitrogens with zero attached hydrogens (tertiary/aromatic N) is 2. The number of likely N-dealkylation sites (N-methyl/N-ethyl adjacent to an activating group) is 1. The summed E-state index contributed by atoms with van der Waals surface area (Å²) in [5, 5.41) is 0. The molecule has 0 radical (unpaired) electrons. The van der Waals surface area contributed by atoms with E-state index >= 15 is 0 Å². The molecular weight excluding hydrogens is 293 g/mol. The van der Waals surface area contributed by atoms with Crippen LogP contribution in [0.1, 0.15) is 19.3 Å². The highest BCUT2D eigenvalue weighted by molar-refractivity contribution is 7.89. The van der Waals surface area contributed by atoms with Gasteiger partial charge in [-0.2, -0.15) is 4.31 Å². The number of fused-ring (bicyclic) bond motifs is 2. The first-order chi connectivity index (χ1) is 9.89. The molecule has 2 saturated heterocycles. The highest BCUT2D eigenvalue weighted by Gasteiger charge is 2.39. The second-order valence-electron chi connectivity index (χ2n) is 5.88. The molecule has 116 valence electrons. The minimum Gasteiger partial charge on any atom is -0.398 e. The Bertz CT molecular complexity index is 650.